The summed E-state index contributed by atoms with van der Waals surface area (Å²) in [6.45, 7) is 2.04. The molecule has 1 N–H and O–H groups in total. The summed E-state index contributed by atoms with van der Waals surface area (Å²) < 4.78 is 0. The maximum absolute atomic E-state index is 12.6. The molecule has 138 valence electrons. The van der Waals surface area contributed by atoms with E-state index in [1.165, 1.54) is 5.56 Å². The fourth-order valence-electron chi connectivity index (χ4n) is 2.91. The third-order valence-electron chi connectivity index (χ3n) is 4.53. The molecule has 1 aliphatic rings. The first-order valence-electron chi connectivity index (χ1n) is 8.80. The summed E-state index contributed by atoms with van der Waals surface area (Å²) >= 11 is 1.59. The average Bonchev–Trinajstić information content (AvgIpc) is 3.18. The molecule has 1 saturated heterocycles. The number of rotatable bonds is 5. The van der Waals surface area contributed by atoms with Crippen LogP contribution in [0.2, 0.25) is 0 Å². The average molecular weight is 379 g/mol. The Morgan fingerprint density at radius 2 is 1.89 bits per heavy atom. The Hall–Kier alpha value is -2.78. The Morgan fingerprint density at radius 1 is 1.19 bits per heavy atom. The lowest BCUT2D eigenvalue weighted by atomic mass is 10.1. The molecule has 3 rings (SSSR count). The van der Waals surface area contributed by atoms with Gasteiger partial charge in [-0.05, 0) is 43.2 Å². The molecule has 1 atom stereocenters. The molecule has 5 nitrogen and oxygen atoms in total. The van der Waals surface area contributed by atoms with Crippen LogP contribution in [0.1, 0.15) is 23.1 Å². The number of nitrogens with zero attached hydrogens (tertiary/aromatic N) is 2. The summed E-state index contributed by atoms with van der Waals surface area (Å²) in [6.07, 6.45) is 1.06. The molecule has 1 unspecified atom stereocenters. The predicted octanol–water partition coefficient (Wildman–Crippen LogP) is 3.34. The number of carbonyl (C=O) groups excluding carboxylic acids is 2. The van der Waals surface area contributed by atoms with Crippen LogP contribution in [0, 0.1) is 18.3 Å². The number of aryl methyl sites for hydroxylation is 2. The van der Waals surface area contributed by atoms with Gasteiger partial charge in [-0.25, -0.2) is 0 Å². The monoisotopic (exact) mass is 379 g/mol. The highest BCUT2D eigenvalue weighted by molar-refractivity contribution is 7.99. The topological polar surface area (TPSA) is 73.2 Å². The summed E-state index contributed by atoms with van der Waals surface area (Å²) in [7, 11) is 0. The quantitative estimate of drug-likeness (QED) is 0.865. The van der Waals surface area contributed by atoms with Crippen LogP contribution in [-0.2, 0) is 16.0 Å². The van der Waals surface area contributed by atoms with Crippen LogP contribution in [0.25, 0.3) is 0 Å². The van der Waals surface area contributed by atoms with Gasteiger partial charge in [0.2, 0.25) is 11.8 Å². The van der Waals surface area contributed by atoms with Gasteiger partial charge < -0.3 is 10.2 Å². The molecule has 0 bridgehead atoms. The molecule has 0 radical (unpaired) electrons. The van der Waals surface area contributed by atoms with Crippen molar-refractivity contribution in [3.05, 3.63) is 65.2 Å². The number of amides is 2. The van der Waals surface area contributed by atoms with E-state index in [1.807, 2.05) is 37.3 Å². The lowest BCUT2D eigenvalue weighted by molar-refractivity contribution is -0.136. The van der Waals surface area contributed by atoms with Crippen LogP contribution in [-0.4, -0.2) is 34.4 Å². The lowest BCUT2D eigenvalue weighted by Gasteiger charge is -2.23. The summed E-state index contributed by atoms with van der Waals surface area (Å²) in [5.74, 6) is 0.949. The minimum atomic E-state index is -0.462. The molecule has 2 aromatic carbocycles. The van der Waals surface area contributed by atoms with E-state index in [4.69, 9.17) is 5.26 Å². The van der Waals surface area contributed by atoms with E-state index in [2.05, 4.69) is 5.32 Å². The molecule has 1 heterocycles. The molecule has 27 heavy (non-hydrogen) atoms. The smallest absolute Gasteiger partial charge is 0.248 e. The summed E-state index contributed by atoms with van der Waals surface area (Å²) in [6, 6.07) is 16.4. The molecule has 0 saturated carbocycles. The number of anilines is 1. The highest BCUT2D eigenvalue weighted by atomic mass is 32.2. The van der Waals surface area contributed by atoms with Crippen molar-refractivity contribution in [3.63, 3.8) is 0 Å². The number of nitrogens with one attached hydrogen (secondary N) is 1. The van der Waals surface area contributed by atoms with Crippen LogP contribution < -0.4 is 5.32 Å². The van der Waals surface area contributed by atoms with Crippen molar-refractivity contribution in [2.24, 2.45) is 0 Å². The Kier molecular flexibility index (Phi) is 6.15. The van der Waals surface area contributed by atoms with E-state index < -0.39 is 6.04 Å². The van der Waals surface area contributed by atoms with E-state index in [0.717, 1.165) is 5.56 Å². The van der Waals surface area contributed by atoms with Crippen molar-refractivity contribution in [2.45, 2.75) is 25.8 Å². The van der Waals surface area contributed by atoms with Crippen molar-refractivity contribution >= 4 is 29.3 Å². The van der Waals surface area contributed by atoms with E-state index in [-0.39, 0.29) is 11.8 Å². The van der Waals surface area contributed by atoms with Crippen molar-refractivity contribution in [2.75, 3.05) is 16.9 Å². The van der Waals surface area contributed by atoms with Crippen LogP contribution in [0.5, 0.6) is 0 Å². The molecular formula is C21H21N3O2S. The fourth-order valence-corrected chi connectivity index (χ4v) is 4.09. The first-order valence-corrected chi connectivity index (χ1v) is 9.96. The minimum absolute atomic E-state index is 0.000512. The van der Waals surface area contributed by atoms with Crippen molar-refractivity contribution in [3.8, 4) is 6.07 Å². The molecule has 1 aliphatic heterocycles. The summed E-state index contributed by atoms with van der Waals surface area (Å²) in [4.78, 5) is 26.9. The standard InChI is InChI=1S/C21H21N3O2S/c1-15-2-4-16(5-3-15)8-11-20(25)24-14-27-13-19(24)21(26)23-18-9-6-17(12-22)7-10-18/h2-7,9-10,19H,8,11,13-14H2,1H3,(H,23,26). The van der Waals surface area contributed by atoms with Gasteiger partial charge in [-0.3, -0.25) is 9.59 Å². The van der Waals surface area contributed by atoms with Crippen LogP contribution in [0.4, 0.5) is 5.69 Å². The third kappa shape index (κ3) is 4.89. The van der Waals surface area contributed by atoms with Gasteiger partial charge in [0, 0.05) is 17.9 Å². The van der Waals surface area contributed by atoms with E-state index >= 15 is 0 Å². The number of benzene rings is 2. The first-order chi connectivity index (χ1) is 13.1. The molecule has 2 amide bonds. The van der Waals surface area contributed by atoms with Gasteiger partial charge >= 0.3 is 0 Å². The third-order valence-corrected chi connectivity index (χ3v) is 5.55. The van der Waals surface area contributed by atoms with Gasteiger partial charge in [-0.15, -0.1) is 11.8 Å². The highest BCUT2D eigenvalue weighted by Crippen LogP contribution is 2.23. The zero-order valence-electron chi connectivity index (χ0n) is 15.1. The second-order valence-corrected chi connectivity index (χ2v) is 7.54. The zero-order valence-corrected chi connectivity index (χ0v) is 16.0. The lowest BCUT2D eigenvalue weighted by Crippen LogP contribution is -2.44. The van der Waals surface area contributed by atoms with E-state index in [0.29, 0.717) is 35.7 Å². The van der Waals surface area contributed by atoms with Crippen molar-refractivity contribution in [1.29, 1.82) is 5.26 Å². The van der Waals surface area contributed by atoms with E-state index in [1.54, 1.807) is 40.9 Å². The zero-order chi connectivity index (χ0) is 19.2. The first kappa shape index (κ1) is 19.0. The number of nitriles is 1. The summed E-state index contributed by atoms with van der Waals surface area (Å²) in [5, 5.41) is 11.7. The van der Waals surface area contributed by atoms with Crippen molar-refractivity contribution in [1.82, 2.24) is 4.90 Å². The SMILES string of the molecule is Cc1ccc(CCC(=O)N2CSCC2C(=O)Nc2ccc(C#N)cc2)cc1. The van der Waals surface area contributed by atoms with Crippen LogP contribution >= 0.6 is 11.8 Å². The van der Waals surface area contributed by atoms with Crippen LogP contribution in [0.3, 0.4) is 0 Å². The van der Waals surface area contributed by atoms with Gasteiger partial charge in [0.25, 0.3) is 0 Å². The molecule has 2 aromatic rings. The minimum Gasteiger partial charge on any atom is -0.324 e. The maximum Gasteiger partial charge on any atom is 0.248 e. The van der Waals surface area contributed by atoms with Gasteiger partial charge in [0.15, 0.2) is 0 Å². The Morgan fingerprint density at radius 3 is 2.56 bits per heavy atom. The van der Waals surface area contributed by atoms with E-state index in [9.17, 15) is 9.59 Å². The maximum atomic E-state index is 12.6. The molecule has 1 fully saturated rings. The summed E-state index contributed by atoms with van der Waals surface area (Å²) in [5.41, 5.74) is 3.49. The predicted molar refractivity (Wildman–Crippen MR) is 107 cm³/mol. The van der Waals surface area contributed by atoms with Gasteiger partial charge in [-0.2, -0.15) is 5.26 Å². The Bertz CT molecular complexity index is 856. The number of hydrogen-bond acceptors (Lipinski definition) is 4. The normalized spacial score (nSPS) is 16.0. The second kappa shape index (κ2) is 8.74. The Labute approximate surface area is 163 Å². The number of carbonyl (C=O) groups is 2. The van der Waals surface area contributed by atoms with Gasteiger partial charge in [0.1, 0.15) is 6.04 Å². The highest BCUT2D eigenvalue weighted by Gasteiger charge is 2.34. The van der Waals surface area contributed by atoms with Crippen LogP contribution in [0.15, 0.2) is 48.5 Å². The molecule has 0 aliphatic carbocycles. The number of hydrogen-bond donors (Lipinski definition) is 1. The van der Waals surface area contributed by atoms with Crippen molar-refractivity contribution < 1.29 is 9.59 Å². The largest absolute Gasteiger partial charge is 0.324 e. The molecule has 6 heteroatoms. The molecular weight excluding hydrogens is 358 g/mol. The van der Waals surface area contributed by atoms with Gasteiger partial charge in [-0.1, -0.05) is 29.8 Å². The fraction of sp³-hybridized carbons (Fsp3) is 0.286. The molecule has 0 spiro atoms. The Balaban J connectivity index is 1.58. The number of thioether (sulfide) groups is 1. The second-order valence-electron chi connectivity index (χ2n) is 6.54. The van der Waals surface area contributed by atoms with Gasteiger partial charge in [0.05, 0.1) is 17.5 Å². The molecule has 0 aromatic heterocycles.